The highest BCUT2D eigenvalue weighted by molar-refractivity contribution is 7.89. The third-order valence-corrected chi connectivity index (χ3v) is 2.96. The summed E-state index contributed by atoms with van der Waals surface area (Å²) in [5, 5.41) is 15.4. The Balaban J connectivity index is 3.32. The van der Waals surface area contributed by atoms with Crippen LogP contribution in [0.2, 0.25) is 0 Å². The molecule has 0 atom stereocenters. The number of hydrogen-bond acceptors (Lipinski definition) is 6. The molecule has 0 fully saturated rings. The highest BCUT2D eigenvalue weighted by Crippen LogP contribution is 2.31. The van der Waals surface area contributed by atoms with Crippen LogP contribution < -0.4 is 9.88 Å². The van der Waals surface area contributed by atoms with Crippen LogP contribution in [-0.2, 0) is 14.8 Å². The lowest BCUT2D eigenvalue weighted by Gasteiger charge is -2.10. The number of ether oxygens (including phenoxy) is 2. The maximum atomic E-state index is 13.6. The van der Waals surface area contributed by atoms with Gasteiger partial charge in [0.05, 0.1) is 17.6 Å². The molecule has 2 N–H and O–H groups in total. The molecule has 10 heteroatoms. The molecule has 1 aromatic rings. The number of nitrogens with zero attached hydrogens (tertiary/aromatic N) is 1. The second kappa shape index (κ2) is 5.91. The highest BCUT2D eigenvalue weighted by atomic mass is 32.2. The van der Waals surface area contributed by atoms with Gasteiger partial charge in [-0.3, -0.25) is 10.1 Å². The molecular formula is C9H11FN2O6S. The summed E-state index contributed by atoms with van der Waals surface area (Å²) in [5.74, 6) is -1.85. The number of nitro groups is 1. The largest absolute Gasteiger partial charge is 0.487 e. The molecule has 8 nitrogen and oxygen atoms in total. The van der Waals surface area contributed by atoms with E-state index in [-0.39, 0.29) is 13.2 Å². The molecule has 0 aromatic heterocycles. The quantitative estimate of drug-likeness (QED) is 0.460. The number of halogens is 1. The van der Waals surface area contributed by atoms with Gasteiger partial charge in [-0.25, -0.2) is 17.9 Å². The van der Waals surface area contributed by atoms with Crippen molar-refractivity contribution in [1.82, 2.24) is 0 Å². The minimum absolute atomic E-state index is 0.0838. The van der Waals surface area contributed by atoms with Crippen molar-refractivity contribution in [2.75, 3.05) is 20.3 Å². The minimum Gasteiger partial charge on any atom is -0.487 e. The lowest BCUT2D eigenvalue weighted by atomic mass is 10.3. The van der Waals surface area contributed by atoms with Gasteiger partial charge in [-0.15, -0.1) is 0 Å². The number of non-ortho nitro benzene ring substituents is 1. The maximum Gasteiger partial charge on any atom is 0.274 e. The summed E-state index contributed by atoms with van der Waals surface area (Å²) in [6.07, 6.45) is 0. The van der Waals surface area contributed by atoms with Crippen molar-refractivity contribution in [3.63, 3.8) is 0 Å². The third kappa shape index (κ3) is 3.84. The Morgan fingerprint density at radius 2 is 2.05 bits per heavy atom. The van der Waals surface area contributed by atoms with E-state index in [1.807, 2.05) is 0 Å². The van der Waals surface area contributed by atoms with Crippen LogP contribution in [0.4, 0.5) is 10.1 Å². The summed E-state index contributed by atoms with van der Waals surface area (Å²) in [6.45, 7) is -0.0474. The van der Waals surface area contributed by atoms with E-state index in [4.69, 9.17) is 9.88 Å². The van der Waals surface area contributed by atoms with Crippen molar-refractivity contribution < 1.29 is 27.2 Å². The number of hydrogen-bond donors (Lipinski definition) is 1. The fraction of sp³-hybridized carbons (Fsp3) is 0.333. The first-order valence-electron chi connectivity index (χ1n) is 4.90. The zero-order valence-corrected chi connectivity index (χ0v) is 10.6. The number of benzene rings is 1. The summed E-state index contributed by atoms with van der Waals surface area (Å²) in [7, 11) is -2.99. The van der Waals surface area contributed by atoms with Crippen LogP contribution in [0.25, 0.3) is 0 Å². The molecule has 0 aliphatic rings. The fourth-order valence-corrected chi connectivity index (χ4v) is 1.94. The van der Waals surface area contributed by atoms with Gasteiger partial charge in [-0.2, -0.15) is 0 Å². The fourth-order valence-electron chi connectivity index (χ4n) is 1.24. The molecule has 0 aliphatic carbocycles. The topological polar surface area (TPSA) is 122 Å². The van der Waals surface area contributed by atoms with Gasteiger partial charge >= 0.3 is 0 Å². The first-order valence-corrected chi connectivity index (χ1v) is 6.44. The molecule has 0 aliphatic heterocycles. The van der Waals surface area contributed by atoms with Crippen LogP contribution in [0.5, 0.6) is 5.75 Å². The number of rotatable bonds is 6. The van der Waals surface area contributed by atoms with Crippen LogP contribution >= 0.6 is 0 Å². The zero-order chi connectivity index (χ0) is 14.6. The third-order valence-electron chi connectivity index (χ3n) is 2.05. The predicted molar refractivity (Wildman–Crippen MR) is 61.8 cm³/mol. The van der Waals surface area contributed by atoms with E-state index in [2.05, 4.69) is 4.74 Å². The average Bonchev–Trinajstić information content (AvgIpc) is 2.29. The molecule has 1 aromatic carbocycles. The Labute approximate surface area is 108 Å². The van der Waals surface area contributed by atoms with E-state index in [1.54, 1.807) is 0 Å². The van der Waals surface area contributed by atoms with Crippen molar-refractivity contribution in [2.24, 2.45) is 5.14 Å². The van der Waals surface area contributed by atoms with E-state index in [0.29, 0.717) is 12.1 Å². The molecule has 0 spiro atoms. The molecule has 106 valence electrons. The molecule has 0 saturated heterocycles. The Bertz CT molecular complexity index is 589. The van der Waals surface area contributed by atoms with Crippen molar-refractivity contribution in [3.05, 3.63) is 28.1 Å². The Kier molecular flexibility index (Phi) is 4.75. The van der Waals surface area contributed by atoms with Gasteiger partial charge in [0.1, 0.15) is 11.5 Å². The number of methoxy groups -OCH3 is 1. The van der Waals surface area contributed by atoms with Gasteiger partial charge < -0.3 is 9.47 Å². The van der Waals surface area contributed by atoms with Crippen molar-refractivity contribution in [1.29, 1.82) is 0 Å². The second-order valence-corrected chi connectivity index (χ2v) is 4.93. The lowest BCUT2D eigenvalue weighted by molar-refractivity contribution is -0.385. The summed E-state index contributed by atoms with van der Waals surface area (Å²) in [4.78, 5) is 8.83. The van der Waals surface area contributed by atoms with Gasteiger partial charge in [0.2, 0.25) is 10.0 Å². The number of nitrogens with two attached hydrogens (primary N) is 1. The summed E-state index contributed by atoms with van der Waals surface area (Å²) >= 11 is 0. The molecular weight excluding hydrogens is 283 g/mol. The molecule has 0 saturated carbocycles. The van der Waals surface area contributed by atoms with Gasteiger partial charge in [-0.1, -0.05) is 0 Å². The van der Waals surface area contributed by atoms with Crippen LogP contribution in [0.1, 0.15) is 0 Å². The Hall–Kier alpha value is -1.78. The molecule has 0 unspecified atom stereocenters. The van der Waals surface area contributed by atoms with E-state index >= 15 is 0 Å². The summed E-state index contributed by atoms with van der Waals surface area (Å²) < 4.78 is 45.8. The molecule has 0 radical (unpaired) electrons. The van der Waals surface area contributed by atoms with Crippen LogP contribution in [0.3, 0.4) is 0 Å². The van der Waals surface area contributed by atoms with Crippen LogP contribution in [0.15, 0.2) is 17.0 Å². The number of sulfonamides is 1. The van der Waals surface area contributed by atoms with E-state index < -0.39 is 37.1 Å². The standard InChI is InChI=1S/C9H11FN2O6S/c1-17-2-3-18-9-7(10)4-6(12(13)14)5-8(9)19(11,15)16/h4-5H,2-3H2,1H3,(H2,11,15,16). The first kappa shape index (κ1) is 15.3. The van der Waals surface area contributed by atoms with Crippen LogP contribution in [0, 0.1) is 15.9 Å². The number of nitro benzene ring substituents is 1. The number of primary sulfonamides is 1. The van der Waals surface area contributed by atoms with E-state index in [0.717, 1.165) is 0 Å². The Morgan fingerprint density at radius 1 is 1.42 bits per heavy atom. The van der Waals surface area contributed by atoms with Crippen LogP contribution in [-0.4, -0.2) is 33.7 Å². The van der Waals surface area contributed by atoms with Gasteiger partial charge in [0, 0.05) is 13.2 Å². The maximum absolute atomic E-state index is 13.6. The van der Waals surface area contributed by atoms with Gasteiger partial charge in [-0.05, 0) is 0 Å². The lowest BCUT2D eigenvalue weighted by Crippen LogP contribution is -2.16. The molecule has 0 amide bonds. The molecule has 19 heavy (non-hydrogen) atoms. The van der Waals surface area contributed by atoms with Crippen molar-refractivity contribution in [3.8, 4) is 5.75 Å². The summed E-state index contributed by atoms with van der Waals surface area (Å²) in [6, 6.07) is 1.19. The zero-order valence-electron chi connectivity index (χ0n) is 9.83. The SMILES string of the molecule is COCCOc1c(F)cc([N+](=O)[O-])cc1S(N)(=O)=O. The minimum atomic E-state index is -4.36. The molecule has 0 bridgehead atoms. The predicted octanol–water partition coefficient (Wildman–Crippen LogP) is 0.407. The normalized spacial score (nSPS) is 11.3. The van der Waals surface area contributed by atoms with Gasteiger partial charge in [0.15, 0.2) is 11.6 Å². The molecule has 1 rings (SSSR count). The first-order chi connectivity index (χ1) is 8.77. The Morgan fingerprint density at radius 3 is 2.53 bits per heavy atom. The highest BCUT2D eigenvalue weighted by Gasteiger charge is 2.24. The van der Waals surface area contributed by atoms with Gasteiger partial charge in [0.25, 0.3) is 5.69 Å². The van der Waals surface area contributed by atoms with E-state index in [1.165, 1.54) is 7.11 Å². The summed E-state index contributed by atoms with van der Waals surface area (Å²) in [5.41, 5.74) is -0.736. The monoisotopic (exact) mass is 294 g/mol. The molecule has 0 heterocycles. The van der Waals surface area contributed by atoms with E-state index in [9.17, 15) is 22.9 Å². The average molecular weight is 294 g/mol. The van der Waals surface area contributed by atoms with Crippen molar-refractivity contribution >= 4 is 15.7 Å². The smallest absolute Gasteiger partial charge is 0.274 e. The van der Waals surface area contributed by atoms with Crippen molar-refractivity contribution in [2.45, 2.75) is 4.90 Å². The second-order valence-electron chi connectivity index (χ2n) is 3.40.